The molecule has 0 fully saturated rings. The Morgan fingerprint density at radius 2 is 2.05 bits per heavy atom. The Hall–Kier alpha value is -2.77. The monoisotopic (exact) mass is 302 g/mol. The smallest absolute Gasteiger partial charge is 0.251 e. The highest BCUT2D eigenvalue weighted by Gasteiger charge is 2.12. The number of carbonyl (C=O) groups is 2. The Labute approximate surface area is 127 Å². The van der Waals surface area contributed by atoms with Crippen LogP contribution in [0, 0.1) is 0 Å². The number of hydrogen-bond donors (Lipinski definition) is 2. The van der Waals surface area contributed by atoms with Crippen molar-refractivity contribution in [3.63, 3.8) is 0 Å². The van der Waals surface area contributed by atoms with E-state index in [0.717, 1.165) is 5.56 Å². The van der Waals surface area contributed by atoms with Crippen LogP contribution in [0.15, 0.2) is 24.3 Å². The van der Waals surface area contributed by atoms with Crippen LogP contribution >= 0.6 is 0 Å². The van der Waals surface area contributed by atoms with Gasteiger partial charge in [-0.25, -0.2) is 4.68 Å². The number of rotatable bonds is 6. The molecule has 0 aliphatic rings. The van der Waals surface area contributed by atoms with Crippen molar-refractivity contribution in [2.45, 2.75) is 20.4 Å². The number of tetrazole rings is 1. The van der Waals surface area contributed by atoms with E-state index in [1.165, 1.54) is 0 Å². The highest BCUT2D eigenvalue weighted by molar-refractivity contribution is 5.97. The third-order valence-corrected chi connectivity index (χ3v) is 3.00. The number of aryl methyl sites for hydroxylation is 1. The lowest BCUT2D eigenvalue weighted by molar-refractivity contribution is -0.120. The fraction of sp³-hybridized carbons (Fsp3) is 0.357. The maximum atomic E-state index is 12.1. The number of hydrogen-bond acceptors (Lipinski definition) is 5. The predicted molar refractivity (Wildman–Crippen MR) is 79.9 cm³/mol. The van der Waals surface area contributed by atoms with Gasteiger partial charge in [-0.15, -0.1) is 5.10 Å². The van der Waals surface area contributed by atoms with Crippen molar-refractivity contribution in [1.29, 1.82) is 0 Å². The third-order valence-electron chi connectivity index (χ3n) is 3.00. The lowest BCUT2D eigenvalue weighted by Gasteiger charge is -2.07. The molecule has 0 saturated heterocycles. The molecule has 0 aliphatic heterocycles. The van der Waals surface area contributed by atoms with Gasteiger partial charge in [0.1, 0.15) is 0 Å². The lowest BCUT2D eigenvalue weighted by atomic mass is 10.1. The number of benzene rings is 1. The van der Waals surface area contributed by atoms with Gasteiger partial charge in [-0.2, -0.15) is 0 Å². The highest BCUT2D eigenvalue weighted by atomic mass is 16.2. The van der Waals surface area contributed by atoms with Crippen LogP contribution in [0.2, 0.25) is 0 Å². The van der Waals surface area contributed by atoms with Crippen LogP contribution in [-0.4, -0.2) is 45.1 Å². The van der Waals surface area contributed by atoms with E-state index in [2.05, 4.69) is 26.2 Å². The average molecular weight is 302 g/mol. The molecule has 0 unspecified atom stereocenters. The van der Waals surface area contributed by atoms with E-state index in [0.29, 0.717) is 24.5 Å². The molecule has 2 N–H and O–H groups in total. The van der Waals surface area contributed by atoms with Crippen LogP contribution in [0.25, 0.3) is 11.4 Å². The normalized spacial score (nSPS) is 10.3. The van der Waals surface area contributed by atoms with Crippen molar-refractivity contribution in [3.05, 3.63) is 29.8 Å². The van der Waals surface area contributed by atoms with Crippen LogP contribution < -0.4 is 10.6 Å². The Balaban J connectivity index is 2.11. The average Bonchev–Trinajstić information content (AvgIpc) is 3.01. The van der Waals surface area contributed by atoms with Crippen LogP contribution in [0.3, 0.4) is 0 Å². The van der Waals surface area contributed by atoms with Gasteiger partial charge in [-0.1, -0.05) is 12.1 Å². The molecule has 0 atom stereocenters. The number of aromatic nitrogens is 4. The maximum absolute atomic E-state index is 12.1. The van der Waals surface area contributed by atoms with Crippen molar-refractivity contribution in [2.24, 2.45) is 0 Å². The molecule has 0 spiro atoms. The first kappa shape index (κ1) is 15.6. The summed E-state index contributed by atoms with van der Waals surface area (Å²) in [5, 5.41) is 16.7. The minimum Gasteiger partial charge on any atom is -0.355 e. The van der Waals surface area contributed by atoms with Crippen molar-refractivity contribution >= 4 is 11.8 Å². The number of nitrogens with one attached hydrogen (secondary N) is 2. The number of amides is 2. The second kappa shape index (κ2) is 7.30. The standard InChI is InChI=1S/C14H18N6O2/c1-3-15-12(21)9-16-14(22)11-7-5-6-10(8-11)13-17-18-19-20(13)4-2/h5-8H,3-4,9H2,1-2H3,(H,15,21)(H,16,22). The van der Waals surface area contributed by atoms with Crippen molar-refractivity contribution in [2.75, 3.05) is 13.1 Å². The number of nitrogens with zero attached hydrogens (tertiary/aromatic N) is 4. The Bertz CT molecular complexity index is 667. The van der Waals surface area contributed by atoms with Gasteiger partial charge >= 0.3 is 0 Å². The second-order valence-corrected chi connectivity index (χ2v) is 4.54. The summed E-state index contributed by atoms with van der Waals surface area (Å²) in [6.45, 7) is 4.87. The molecule has 1 aromatic carbocycles. The van der Waals surface area contributed by atoms with Crippen LogP contribution in [-0.2, 0) is 11.3 Å². The van der Waals surface area contributed by atoms with Crippen LogP contribution in [0.5, 0.6) is 0 Å². The van der Waals surface area contributed by atoms with Gasteiger partial charge in [0.05, 0.1) is 6.54 Å². The van der Waals surface area contributed by atoms with E-state index in [1.54, 1.807) is 22.9 Å². The minimum absolute atomic E-state index is 0.0520. The van der Waals surface area contributed by atoms with Gasteiger partial charge in [-0.05, 0) is 36.4 Å². The van der Waals surface area contributed by atoms with E-state index in [9.17, 15) is 9.59 Å². The molecule has 2 amide bonds. The maximum Gasteiger partial charge on any atom is 0.251 e. The molecular formula is C14H18N6O2. The largest absolute Gasteiger partial charge is 0.355 e. The summed E-state index contributed by atoms with van der Waals surface area (Å²) in [6, 6.07) is 6.96. The zero-order valence-corrected chi connectivity index (χ0v) is 12.5. The van der Waals surface area contributed by atoms with Crippen LogP contribution in [0.4, 0.5) is 0 Å². The molecule has 1 aromatic heterocycles. The van der Waals surface area contributed by atoms with Crippen LogP contribution in [0.1, 0.15) is 24.2 Å². The molecule has 0 radical (unpaired) electrons. The molecule has 2 rings (SSSR count). The van der Waals surface area contributed by atoms with E-state index in [-0.39, 0.29) is 18.4 Å². The zero-order chi connectivity index (χ0) is 15.9. The summed E-state index contributed by atoms with van der Waals surface area (Å²) in [5.74, 6) is 0.0615. The van der Waals surface area contributed by atoms with E-state index in [4.69, 9.17) is 0 Å². The first-order valence-corrected chi connectivity index (χ1v) is 7.07. The first-order valence-electron chi connectivity index (χ1n) is 7.07. The van der Waals surface area contributed by atoms with Gasteiger partial charge in [-0.3, -0.25) is 9.59 Å². The molecule has 22 heavy (non-hydrogen) atoms. The molecule has 2 aromatic rings. The quantitative estimate of drug-likeness (QED) is 0.795. The SMILES string of the molecule is CCNC(=O)CNC(=O)c1cccc(-c2nnnn2CC)c1. The Kier molecular flexibility index (Phi) is 5.18. The third kappa shape index (κ3) is 3.66. The highest BCUT2D eigenvalue weighted by Crippen LogP contribution is 2.17. The topological polar surface area (TPSA) is 102 Å². The fourth-order valence-electron chi connectivity index (χ4n) is 1.95. The molecule has 0 bridgehead atoms. The molecule has 116 valence electrons. The summed E-state index contributed by atoms with van der Waals surface area (Å²) in [4.78, 5) is 23.4. The molecular weight excluding hydrogens is 284 g/mol. The molecule has 1 heterocycles. The van der Waals surface area contributed by atoms with Gasteiger partial charge in [0.15, 0.2) is 5.82 Å². The van der Waals surface area contributed by atoms with Crippen molar-refractivity contribution in [1.82, 2.24) is 30.8 Å². The second-order valence-electron chi connectivity index (χ2n) is 4.54. The number of carbonyl (C=O) groups excluding carboxylic acids is 2. The molecule has 0 saturated carbocycles. The number of likely N-dealkylation sites (N-methyl/N-ethyl adjacent to an activating group) is 1. The van der Waals surface area contributed by atoms with Gasteiger partial charge in [0.25, 0.3) is 5.91 Å². The van der Waals surface area contributed by atoms with Crippen molar-refractivity contribution < 1.29 is 9.59 Å². The molecule has 0 aliphatic carbocycles. The van der Waals surface area contributed by atoms with E-state index in [1.807, 2.05) is 19.9 Å². The zero-order valence-electron chi connectivity index (χ0n) is 12.5. The Morgan fingerprint density at radius 1 is 1.23 bits per heavy atom. The summed E-state index contributed by atoms with van der Waals surface area (Å²) < 4.78 is 1.64. The fourth-order valence-corrected chi connectivity index (χ4v) is 1.95. The summed E-state index contributed by atoms with van der Waals surface area (Å²) in [6.07, 6.45) is 0. The first-order chi connectivity index (χ1) is 10.7. The van der Waals surface area contributed by atoms with E-state index < -0.39 is 0 Å². The minimum atomic E-state index is -0.316. The lowest BCUT2D eigenvalue weighted by Crippen LogP contribution is -2.36. The van der Waals surface area contributed by atoms with Gasteiger partial charge < -0.3 is 10.6 Å². The van der Waals surface area contributed by atoms with Gasteiger partial charge in [0.2, 0.25) is 5.91 Å². The summed E-state index contributed by atoms with van der Waals surface area (Å²) in [7, 11) is 0. The van der Waals surface area contributed by atoms with Gasteiger partial charge in [0, 0.05) is 24.2 Å². The predicted octanol–water partition coefficient (Wildman–Crippen LogP) is 0.226. The Morgan fingerprint density at radius 3 is 2.77 bits per heavy atom. The molecule has 8 nitrogen and oxygen atoms in total. The van der Waals surface area contributed by atoms with Crippen molar-refractivity contribution in [3.8, 4) is 11.4 Å². The molecule has 8 heteroatoms. The summed E-state index contributed by atoms with van der Waals surface area (Å²) in [5.41, 5.74) is 1.20. The van der Waals surface area contributed by atoms with E-state index >= 15 is 0 Å². The summed E-state index contributed by atoms with van der Waals surface area (Å²) >= 11 is 0.